The average molecular weight is 253 g/mol. The molecule has 0 radical (unpaired) electrons. The maximum Gasteiger partial charge on any atom is 0.0897 e. The molecule has 1 aromatic rings. The first-order valence-corrected chi connectivity index (χ1v) is 7.52. The van der Waals surface area contributed by atoms with Crippen molar-refractivity contribution in [2.45, 2.75) is 45.7 Å². The van der Waals surface area contributed by atoms with Crippen LogP contribution in [-0.4, -0.2) is 35.6 Å². The second-order valence-corrected chi connectivity index (χ2v) is 5.86. The third-order valence-corrected chi connectivity index (χ3v) is 4.33. The van der Waals surface area contributed by atoms with Crippen LogP contribution in [0.3, 0.4) is 0 Å². The van der Waals surface area contributed by atoms with Crippen molar-refractivity contribution in [3.8, 4) is 0 Å². The second kappa shape index (κ2) is 6.47. The third-order valence-electron chi connectivity index (χ3n) is 3.51. The van der Waals surface area contributed by atoms with Gasteiger partial charge >= 0.3 is 0 Å². The van der Waals surface area contributed by atoms with Gasteiger partial charge in [0, 0.05) is 18.0 Å². The van der Waals surface area contributed by atoms with E-state index in [4.69, 9.17) is 0 Å². The van der Waals surface area contributed by atoms with Gasteiger partial charge in [0.05, 0.1) is 10.7 Å². The van der Waals surface area contributed by atoms with Gasteiger partial charge in [0.15, 0.2) is 0 Å². The summed E-state index contributed by atoms with van der Waals surface area (Å²) in [4.78, 5) is 7.05. The van der Waals surface area contributed by atoms with E-state index < -0.39 is 0 Å². The highest BCUT2D eigenvalue weighted by atomic mass is 32.1. The lowest BCUT2D eigenvalue weighted by Crippen LogP contribution is -2.30. The fourth-order valence-corrected chi connectivity index (χ4v) is 3.03. The highest BCUT2D eigenvalue weighted by molar-refractivity contribution is 7.09. The molecule has 1 N–H and O–H groups in total. The van der Waals surface area contributed by atoms with Gasteiger partial charge in [-0.1, -0.05) is 6.92 Å². The molecule has 0 aromatic carbocycles. The Kier molecular flexibility index (Phi) is 4.95. The zero-order valence-corrected chi connectivity index (χ0v) is 11.7. The molecule has 17 heavy (non-hydrogen) atoms. The summed E-state index contributed by atoms with van der Waals surface area (Å²) in [6, 6.07) is 0.675. The lowest BCUT2D eigenvalue weighted by atomic mass is 10.1. The van der Waals surface area contributed by atoms with Crippen LogP contribution in [-0.2, 0) is 6.54 Å². The number of thiazole rings is 1. The highest BCUT2D eigenvalue weighted by Gasteiger charge is 2.15. The average Bonchev–Trinajstić information content (AvgIpc) is 2.63. The Labute approximate surface area is 108 Å². The molecule has 1 aromatic heterocycles. The lowest BCUT2D eigenvalue weighted by Gasteiger charge is -2.18. The van der Waals surface area contributed by atoms with Gasteiger partial charge < -0.3 is 10.2 Å². The molecule has 0 amide bonds. The molecule has 0 saturated carbocycles. The number of rotatable bonds is 4. The highest BCUT2D eigenvalue weighted by Crippen LogP contribution is 2.12. The van der Waals surface area contributed by atoms with Gasteiger partial charge in [-0.3, -0.25) is 0 Å². The van der Waals surface area contributed by atoms with Crippen LogP contribution >= 0.6 is 11.3 Å². The summed E-state index contributed by atoms with van der Waals surface area (Å²) in [6.45, 7) is 8.96. The third kappa shape index (κ3) is 4.05. The van der Waals surface area contributed by atoms with E-state index in [9.17, 15) is 0 Å². The Morgan fingerprint density at radius 1 is 1.47 bits per heavy atom. The monoisotopic (exact) mass is 253 g/mol. The van der Waals surface area contributed by atoms with Gasteiger partial charge in [-0.2, -0.15) is 0 Å². The molecule has 0 bridgehead atoms. The molecule has 3 nitrogen and oxygen atoms in total. The summed E-state index contributed by atoms with van der Waals surface area (Å²) in [5, 5.41) is 6.98. The fourth-order valence-electron chi connectivity index (χ4n) is 2.41. The van der Waals surface area contributed by atoms with E-state index in [1.807, 2.05) is 0 Å². The molecule has 1 unspecified atom stereocenters. The molecule has 2 rings (SSSR count). The van der Waals surface area contributed by atoms with Crippen molar-refractivity contribution in [3.05, 3.63) is 16.1 Å². The molecule has 1 aliphatic heterocycles. The predicted molar refractivity (Wildman–Crippen MR) is 73.4 cm³/mol. The van der Waals surface area contributed by atoms with Gasteiger partial charge in [0.25, 0.3) is 0 Å². The van der Waals surface area contributed by atoms with Crippen molar-refractivity contribution < 1.29 is 0 Å². The number of hydrogen-bond acceptors (Lipinski definition) is 4. The van der Waals surface area contributed by atoms with Crippen molar-refractivity contribution in [2.24, 2.45) is 0 Å². The summed E-state index contributed by atoms with van der Waals surface area (Å²) in [6.07, 6.45) is 3.90. The Hall–Kier alpha value is -0.450. The van der Waals surface area contributed by atoms with Crippen LogP contribution in [0.1, 0.15) is 36.9 Å². The lowest BCUT2D eigenvalue weighted by molar-refractivity contribution is 0.297. The Bertz CT molecular complexity index is 337. The molecular formula is C13H23N3S. The Balaban J connectivity index is 1.75. The largest absolute Gasteiger partial charge is 0.308 e. The quantitative estimate of drug-likeness (QED) is 0.893. The van der Waals surface area contributed by atoms with Crippen molar-refractivity contribution in [1.82, 2.24) is 15.2 Å². The normalized spacial score (nSPS) is 22.6. The van der Waals surface area contributed by atoms with Crippen LogP contribution in [0, 0.1) is 6.92 Å². The van der Waals surface area contributed by atoms with Crippen molar-refractivity contribution in [3.63, 3.8) is 0 Å². The smallest absolute Gasteiger partial charge is 0.0897 e. The number of likely N-dealkylation sites (tertiary alicyclic amines) is 1. The van der Waals surface area contributed by atoms with Crippen molar-refractivity contribution >= 4 is 11.3 Å². The van der Waals surface area contributed by atoms with Crippen molar-refractivity contribution in [2.75, 3.05) is 19.6 Å². The molecule has 1 fully saturated rings. The van der Waals surface area contributed by atoms with E-state index in [0.29, 0.717) is 6.04 Å². The molecule has 0 spiro atoms. The first-order chi connectivity index (χ1) is 8.28. The zero-order valence-electron chi connectivity index (χ0n) is 10.9. The summed E-state index contributed by atoms with van der Waals surface area (Å²) in [7, 11) is 0. The fraction of sp³-hybridized carbons (Fsp3) is 0.769. The molecule has 1 aliphatic rings. The maximum atomic E-state index is 4.50. The second-order valence-electron chi connectivity index (χ2n) is 4.80. The zero-order chi connectivity index (χ0) is 12.1. The standard InChI is InChI=1S/C13H23N3S/c1-3-16-7-4-5-12(6-8-16)14-9-13-10-17-11(2)15-13/h10,12,14H,3-9H2,1-2H3. The number of hydrogen-bond donors (Lipinski definition) is 1. The molecular weight excluding hydrogens is 230 g/mol. The minimum Gasteiger partial charge on any atom is -0.308 e. The number of nitrogens with zero attached hydrogens (tertiary/aromatic N) is 2. The van der Waals surface area contributed by atoms with Crippen LogP contribution in [0.4, 0.5) is 0 Å². The Morgan fingerprint density at radius 3 is 3.06 bits per heavy atom. The molecule has 1 atom stereocenters. The molecule has 2 heterocycles. The van der Waals surface area contributed by atoms with E-state index in [-0.39, 0.29) is 0 Å². The summed E-state index contributed by atoms with van der Waals surface area (Å²) < 4.78 is 0. The maximum absolute atomic E-state index is 4.50. The van der Waals surface area contributed by atoms with Gasteiger partial charge in [0.2, 0.25) is 0 Å². The van der Waals surface area contributed by atoms with Crippen LogP contribution in [0.15, 0.2) is 5.38 Å². The van der Waals surface area contributed by atoms with E-state index in [1.54, 1.807) is 11.3 Å². The summed E-state index contributed by atoms with van der Waals surface area (Å²) in [5.74, 6) is 0. The Morgan fingerprint density at radius 2 is 2.35 bits per heavy atom. The first kappa shape index (κ1) is 13.0. The van der Waals surface area contributed by atoms with Crippen LogP contribution in [0.2, 0.25) is 0 Å². The van der Waals surface area contributed by atoms with Gasteiger partial charge in [-0.25, -0.2) is 4.98 Å². The molecule has 0 aliphatic carbocycles. The SMILES string of the molecule is CCN1CCCC(NCc2csc(C)n2)CC1. The van der Waals surface area contributed by atoms with Gasteiger partial charge in [0.1, 0.15) is 0 Å². The van der Waals surface area contributed by atoms with Crippen LogP contribution in [0.25, 0.3) is 0 Å². The minimum absolute atomic E-state index is 0.675. The summed E-state index contributed by atoms with van der Waals surface area (Å²) >= 11 is 1.74. The first-order valence-electron chi connectivity index (χ1n) is 6.64. The molecule has 4 heteroatoms. The number of nitrogens with one attached hydrogen (secondary N) is 1. The number of aryl methyl sites for hydroxylation is 1. The summed E-state index contributed by atoms with van der Waals surface area (Å²) in [5.41, 5.74) is 1.20. The minimum atomic E-state index is 0.675. The number of aromatic nitrogens is 1. The van der Waals surface area contributed by atoms with Gasteiger partial charge in [-0.15, -0.1) is 11.3 Å². The van der Waals surface area contributed by atoms with E-state index >= 15 is 0 Å². The van der Waals surface area contributed by atoms with E-state index in [2.05, 4.69) is 34.4 Å². The predicted octanol–water partition coefficient (Wildman–Crippen LogP) is 2.42. The topological polar surface area (TPSA) is 28.2 Å². The van der Waals surface area contributed by atoms with Gasteiger partial charge in [-0.05, 0) is 45.8 Å². The van der Waals surface area contributed by atoms with Crippen molar-refractivity contribution in [1.29, 1.82) is 0 Å². The van der Waals surface area contributed by atoms with Crippen LogP contribution < -0.4 is 5.32 Å². The van der Waals surface area contributed by atoms with E-state index in [1.165, 1.54) is 49.6 Å². The van der Waals surface area contributed by atoms with E-state index in [0.717, 1.165) is 6.54 Å². The molecule has 96 valence electrons. The van der Waals surface area contributed by atoms with Crippen LogP contribution in [0.5, 0.6) is 0 Å². The molecule has 1 saturated heterocycles.